The molecule has 0 fully saturated rings. The highest BCUT2D eigenvalue weighted by molar-refractivity contribution is 6.31. The molecule has 0 aliphatic heterocycles. The van der Waals surface area contributed by atoms with Crippen molar-refractivity contribution >= 4 is 29.1 Å². The van der Waals surface area contributed by atoms with Crippen molar-refractivity contribution in [1.82, 2.24) is 15.3 Å². The molecule has 144 valence electrons. The van der Waals surface area contributed by atoms with Crippen molar-refractivity contribution in [2.45, 2.75) is 12.8 Å². The molecule has 0 aliphatic rings. The van der Waals surface area contributed by atoms with Crippen LogP contribution in [0, 0.1) is 0 Å². The van der Waals surface area contributed by atoms with Gasteiger partial charge >= 0.3 is 0 Å². The lowest BCUT2D eigenvalue weighted by molar-refractivity contribution is 0.0952. The maximum absolute atomic E-state index is 12.2. The van der Waals surface area contributed by atoms with Crippen molar-refractivity contribution in [2.24, 2.45) is 0 Å². The summed E-state index contributed by atoms with van der Waals surface area (Å²) in [7, 11) is 1.57. The Kier molecular flexibility index (Phi) is 6.81. The van der Waals surface area contributed by atoms with Gasteiger partial charge in [0, 0.05) is 24.0 Å². The highest BCUT2D eigenvalue weighted by Crippen LogP contribution is 2.29. The lowest BCUT2D eigenvalue weighted by Crippen LogP contribution is -2.25. The minimum atomic E-state index is -0.194. The molecule has 0 atom stereocenters. The van der Waals surface area contributed by atoms with E-state index in [1.54, 1.807) is 25.3 Å². The molecule has 3 rings (SSSR count). The van der Waals surface area contributed by atoms with Crippen molar-refractivity contribution in [3.8, 4) is 5.75 Å². The number of hydrogen-bond donors (Lipinski definition) is 2. The minimum Gasteiger partial charge on any atom is -0.495 e. The summed E-state index contributed by atoms with van der Waals surface area (Å²) in [6.45, 7) is 0.591. The third kappa shape index (κ3) is 5.44. The van der Waals surface area contributed by atoms with Crippen molar-refractivity contribution in [3.05, 3.63) is 77.1 Å². The number of carbonyl (C=O) groups excluding carboxylic acids is 1. The second-order valence-electron chi connectivity index (χ2n) is 6.11. The first-order valence-electron chi connectivity index (χ1n) is 8.90. The summed E-state index contributed by atoms with van der Waals surface area (Å²) in [6, 6.07) is 15.4. The summed E-state index contributed by atoms with van der Waals surface area (Å²) in [4.78, 5) is 20.6. The van der Waals surface area contributed by atoms with Crippen LogP contribution in [0.1, 0.15) is 22.3 Å². The second-order valence-corrected chi connectivity index (χ2v) is 6.55. The highest BCUT2D eigenvalue weighted by Gasteiger charge is 2.09. The Hall–Kier alpha value is -3.12. The van der Waals surface area contributed by atoms with Gasteiger partial charge in [0.25, 0.3) is 5.91 Å². The zero-order valence-electron chi connectivity index (χ0n) is 15.5. The van der Waals surface area contributed by atoms with Crippen LogP contribution in [0.25, 0.3) is 0 Å². The van der Waals surface area contributed by atoms with E-state index in [1.807, 2.05) is 18.2 Å². The number of ether oxygens (including phenoxy) is 1. The van der Waals surface area contributed by atoms with Gasteiger partial charge in [-0.3, -0.25) is 4.79 Å². The smallest absolute Gasteiger partial charge is 0.254 e. The van der Waals surface area contributed by atoms with E-state index in [-0.39, 0.29) is 5.91 Å². The molecular formula is C21H21ClN4O2. The van der Waals surface area contributed by atoms with Crippen LogP contribution in [0.4, 0.5) is 11.6 Å². The zero-order chi connectivity index (χ0) is 19.8. The number of halogens is 1. The Bertz CT molecular complexity index is 917. The van der Waals surface area contributed by atoms with E-state index in [4.69, 9.17) is 16.3 Å². The first kappa shape index (κ1) is 19.6. The van der Waals surface area contributed by atoms with Gasteiger partial charge in [-0.05, 0) is 36.6 Å². The Balaban J connectivity index is 1.52. The summed E-state index contributed by atoms with van der Waals surface area (Å²) < 4.78 is 5.28. The van der Waals surface area contributed by atoms with E-state index in [9.17, 15) is 4.79 Å². The topological polar surface area (TPSA) is 76.1 Å². The number of amides is 1. The molecule has 0 bridgehead atoms. The second kappa shape index (κ2) is 9.71. The molecule has 1 aromatic heterocycles. The van der Waals surface area contributed by atoms with Gasteiger partial charge in [0.05, 0.1) is 18.4 Å². The van der Waals surface area contributed by atoms with Crippen molar-refractivity contribution < 1.29 is 9.53 Å². The number of aryl methyl sites for hydroxylation is 1. The molecule has 7 heteroatoms. The number of anilines is 2. The molecule has 2 aromatic carbocycles. The van der Waals surface area contributed by atoms with Crippen LogP contribution in [0.3, 0.4) is 0 Å². The molecule has 0 spiro atoms. The van der Waals surface area contributed by atoms with Crippen LogP contribution in [0.2, 0.25) is 5.02 Å². The summed E-state index contributed by atoms with van der Waals surface area (Å²) in [5.41, 5.74) is 2.31. The summed E-state index contributed by atoms with van der Waals surface area (Å²) in [6.07, 6.45) is 4.75. The fraction of sp³-hybridized carbons (Fsp3) is 0.190. The monoisotopic (exact) mass is 396 g/mol. The van der Waals surface area contributed by atoms with Crippen LogP contribution >= 0.6 is 11.6 Å². The Labute approximate surface area is 168 Å². The number of methoxy groups -OCH3 is 1. The minimum absolute atomic E-state index is 0.194. The highest BCUT2D eigenvalue weighted by atomic mass is 35.5. The van der Waals surface area contributed by atoms with Gasteiger partial charge in [-0.15, -0.1) is 0 Å². The Morgan fingerprint density at radius 1 is 1.11 bits per heavy atom. The Morgan fingerprint density at radius 2 is 1.86 bits per heavy atom. The van der Waals surface area contributed by atoms with Gasteiger partial charge in [-0.2, -0.15) is 0 Å². The van der Waals surface area contributed by atoms with Crippen molar-refractivity contribution in [1.29, 1.82) is 0 Å². The van der Waals surface area contributed by atoms with E-state index in [0.717, 1.165) is 12.8 Å². The van der Waals surface area contributed by atoms with Gasteiger partial charge in [0.15, 0.2) is 0 Å². The van der Waals surface area contributed by atoms with Crippen molar-refractivity contribution in [2.75, 3.05) is 19.0 Å². The summed E-state index contributed by atoms with van der Waals surface area (Å²) in [5, 5.41) is 6.49. The van der Waals surface area contributed by atoms with Crippen LogP contribution < -0.4 is 15.4 Å². The SMILES string of the molecule is COc1ccc(Cl)cc1Nc1ncc(C(=O)NCCCc2ccccc2)cn1. The number of carbonyl (C=O) groups is 1. The predicted molar refractivity (Wildman–Crippen MR) is 110 cm³/mol. The lowest BCUT2D eigenvalue weighted by atomic mass is 10.1. The molecule has 1 amide bonds. The van der Waals surface area contributed by atoms with E-state index in [0.29, 0.717) is 34.5 Å². The first-order valence-corrected chi connectivity index (χ1v) is 9.28. The van der Waals surface area contributed by atoms with Gasteiger partial charge in [-0.25, -0.2) is 9.97 Å². The molecule has 0 aliphatic carbocycles. The number of rotatable bonds is 8. The fourth-order valence-corrected chi connectivity index (χ4v) is 2.82. The molecule has 2 N–H and O–H groups in total. The number of hydrogen-bond acceptors (Lipinski definition) is 5. The summed E-state index contributed by atoms with van der Waals surface area (Å²) in [5.74, 6) is 0.773. The largest absolute Gasteiger partial charge is 0.495 e. The predicted octanol–water partition coefficient (Wildman–Crippen LogP) is 4.24. The summed E-state index contributed by atoms with van der Waals surface area (Å²) >= 11 is 6.02. The average Bonchev–Trinajstić information content (AvgIpc) is 2.72. The van der Waals surface area contributed by atoms with Gasteiger partial charge < -0.3 is 15.4 Å². The fourth-order valence-electron chi connectivity index (χ4n) is 2.65. The zero-order valence-corrected chi connectivity index (χ0v) is 16.2. The lowest BCUT2D eigenvalue weighted by Gasteiger charge is -2.10. The Morgan fingerprint density at radius 3 is 2.57 bits per heavy atom. The molecule has 0 saturated carbocycles. The van der Waals surface area contributed by atoms with E-state index >= 15 is 0 Å². The molecular weight excluding hydrogens is 376 g/mol. The molecule has 1 heterocycles. The van der Waals surface area contributed by atoms with Gasteiger partial charge in [-0.1, -0.05) is 41.9 Å². The van der Waals surface area contributed by atoms with Crippen LogP contribution in [-0.2, 0) is 6.42 Å². The van der Waals surface area contributed by atoms with Crippen LogP contribution in [0.5, 0.6) is 5.75 Å². The number of nitrogens with zero attached hydrogens (tertiary/aromatic N) is 2. The van der Waals surface area contributed by atoms with Crippen LogP contribution in [-0.4, -0.2) is 29.5 Å². The quantitative estimate of drug-likeness (QED) is 0.557. The molecule has 28 heavy (non-hydrogen) atoms. The third-order valence-corrected chi connectivity index (χ3v) is 4.33. The van der Waals surface area contributed by atoms with Crippen LogP contribution in [0.15, 0.2) is 60.9 Å². The third-order valence-electron chi connectivity index (χ3n) is 4.09. The number of aromatic nitrogens is 2. The average molecular weight is 397 g/mol. The number of nitrogens with one attached hydrogen (secondary N) is 2. The van der Waals surface area contributed by atoms with E-state index < -0.39 is 0 Å². The molecule has 0 radical (unpaired) electrons. The van der Waals surface area contributed by atoms with E-state index in [1.165, 1.54) is 18.0 Å². The van der Waals surface area contributed by atoms with Gasteiger partial charge in [0.2, 0.25) is 5.95 Å². The van der Waals surface area contributed by atoms with Gasteiger partial charge in [0.1, 0.15) is 5.75 Å². The molecule has 0 unspecified atom stereocenters. The first-order chi connectivity index (χ1) is 13.7. The number of benzene rings is 2. The molecule has 6 nitrogen and oxygen atoms in total. The maximum atomic E-state index is 12.2. The normalized spacial score (nSPS) is 10.4. The van der Waals surface area contributed by atoms with E-state index in [2.05, 4.69) is 32.7 Å². The molecule has 3 aromatic rings. The standard InChI is InChI=1S/C21H21ClN4O2/c1-28-19-10-9-17(22)12-18(19)26-21-24-13-16(14-25-21)20(27)23-11-5-8-15-6-3-2-4-7-15/h2-4,6-7,9-10,12-14H,5,8,11H2,1H3,(H,23,27)(H,24,25,26). The van der Waals surface area contributed by atoms with Crippen molar-refractivity contribution in [3.63, 3.8) is 0 Å². The maximum Gasteiger partial charge on any atom is 0.254 e. The molecule has 0 saturated heterocycles.